The summed E-state index contributed by atoms with van der Waals surface area (Å²) >= 11 is 0. The van der Waals surface area contributed by atoms with E-state index in [4.69, 9.17) is 0 Å². The van der Waals surface area contributed by atoms with E-state index >= 15 is 0 Å². The summed E-state index contributed by atoms with van der Waals surface area (Å²) in [5.41, 5.74) is 4.14. The summed E-state index contributed by atoms with van der Waals surface area (Å²) in [6.45, 7) is 1.93. The first-order valence-corrected chi connectivity index (χ1v) is 6.58. The quantitative estimate of drug-likeness (QED) is 0.783. The molecule has 0 unspecified atom stereocenters. The monoisotopic (exact) mass is 265 g/mol. The van der Waals surface area contributed by atoms with Crippen molar-refractivity contribution in [3.8, 4) is 0 Å². The number of ketones is 1. The van der Waals surface area contributed by atoms with Crippen molar-refractivity contribution in [2.45, 2.75) is 13.3 Å². The van der Waals surface area contributed by atoms with Crippen LogP contribution in [0.25, 0.3) is 0 Å². The maximum Gasteiger partial charge on any atom is 0.231 e. The van der Waals surface area contributed by atoms with Gasteiger partial charge < -0.3 is 4.90 Å². The van der Waals surface area contributed by atoms with E-state index in [-0.39, 0.29) is 11.7 Å². The van der Waals surface area contributed by atoms with Gasteiger partial charge in [-0.05, 0) is 36.2 Å². The molecule has 0 spiro atoms. The molecule has 3 rings (SSSR count). The van der Waals surface area contributed by atoms with Gasteiger partial charge in [0, 0.05) is 23.9 Å². The average molecular weight is 265 g/mol. The Kier molecular flexibility index (Phi) is 2.90. The fourth-order valence-corrected chi connectivity index (χ4v) is 2.59. The van der Waals surface area contributed by atoms with Crippen LogP contribution in [0.2, 0.25) is 0 Å². The lowest BCUT2D eigenvalue weighted by Gasteiger charge is -2.10. The summed E-state index contributed by atoms with van der Waals surface area (Å²) < 4.78 is 0. The highest BCUT2D eigenvalue weighted by Crippen LogP contribution is 2.29. The summed E-state index contributed by atoms with van der Waals surface area (Å²) in [6, 6.07) is 13.0. The van der Waals surface area contributed by atoms with E-state index in [2.05, 4.69) is 0 Å². The highest BCUT2D eigenvalue weighted by Gasteiger charge is 2.25. The van der Waals surface area contributed by atoms with Crippen LogP contribution >= 0.6 is 0 Å². The van der Waals surface area contributed by atoms with Crippen molar-refractivity contribution in [2.75, 3.05) is 11.9 Å². The fraction of sp³-hybridized carbons (Fsp3) is 0.176. The summed E-state index contributed by atoms with van der Waals surface area (Å²) in [7, 11) is 1.76. The van der Waals surface area contributed by atoms with Crippen LogP contribution < -0.4 is 4.90 Å². The Balaban J connectivity index is 2.01. The lowest BCUT2D eigenvalue weighted by molar-refractivity contribution is -0.117. The van der Waals surface area contributed by atoms with Gasteiger partial charge in [-0.25, -0.2) is 0 Å². The van der Waals surface area contributed by atoms with Gasteiger partial charge in [-0.3, -0.25) is 9.59 Å². The Bertz CT molecular complexity index is 719. The van der Waals surface area contributed by atoms with Gasteiger partial charge in [-0.15, -0.1) is 0 Å². The van der Waals surface area contributed by atoms with Gasteiger partial charge in [0.25, 0.3) is 0 Å². The number of carbonyl (C=O) groups excluding carboxylic acids is 2. The molecule has 0 saturated heterocycles. The number of fused-ring (bicyclic) bond motifs is 1. The molecule has 3 nitrogen and oxygen atoms in total. The summed E-state index contributed by atoms with van der Waals surface area (Å²) in [5.74, 6) is 0.0772. The van der Waals surface area contributed by atoms with E-state index in [0.717, 1.165) is 16.8 Å². The smallest absolute Gasteiger partial charge is 0.231 e. The molecular formula is C17H15NO2. The van der Waals surface area contributed by atoms with E-state index in [1.807, 2.05) is 43.3 Å². The number of aryl methyl sites for hydroxylation is 1. The Hall–Kier alpha value is -2.42. The lowest BCUT2D eigenvalue weighted by Crippen LogP contribution is -2.20. The predicted molar refractivity (Wildman–Crippen MR) is 78.2 cm³/mol. The first-order valence-electron chi connectivity index (χ1n) is 6.58. The van der Waals surface area contributed by atoms with Crippen LogP contribution in [0.1, 0.15) is 27.0 Å². The molecule has 3 heteroatoms. The molecule has 2 aromatic carbocycles. The molecule has 0 saturated carbocycles. The number of hydrogen-bond acceptors (Lipinski definition) is 2. The third kappa shape index (κ3) is 1.92. The number of rotatable bonds is 2. The number of carbonyl (C=O) groups is 2. The Morgan fingerprint density at radius 2 is 1.90 bits per heavy atom. The number of nitrogens with zero attached hydrogens (tertiary/aromatic N) is 1. The molecule has 1 aliphatic heterocycles. The minimum atomic E-state index is 0.00732. The highest BCUT2D eigenvalue weighted by atomic mass is 16.2. The molecule has 2 aromatic rings. The first kappa shape index (κ1) is 12.6. The number of amides is 1. The SMILES string of the molecule is Cc1ccccc1C(=O)c1ccc2c(c1)CC(=O)N2C. The van der Waals surface area contributed by atoms with Crippen molar-refractivity contribution in [1.29, 1.82) is 0 Å². The van der Waals surface area contributed by atoms with Crippen molar-refractivity contribution in [3.63, 3.8) is 0 Å². The van der Waals surface area contributed by atoms with E-state index in [9.17, 15) is 9.59 Å². The molecule has 20 heavy (non-hydrogen) atoms. The molecule has 1 heterocycles. The van der Waals surface area contributed by atoms with E-state index in [1.165, 1.54) is 0 Å². The standard InChI is InChI=1S/C17H15NO2/c1-11-5-3-4-6-14(11)17(20)12-7-8-15-13(9-12)10-16(19)18(15)2/h3-9H,10H2,1-2H3. The van der Waals surface area contributed by atoms with Gasteiger partial charge in [0.15, 0.2) is 5.78 Å². The summed E-state index contributed by atoms with van der Waals surface area (Å²) in [6.07, 6.45) is 0.376. The zero-order chi connectivity index (χ0) is 14.3. The van der Waals surface area contributed by atoms with Gasteiger partial charge >= 0.3 is 0 Å². The molecule has 0 atom stereocenters. The van der Waals surface area contributed by atoms with E-state index in [0.29, 0.717) is 17.5 Å². The molecule has 100 valence electrons. The van der Waals surface area contributed by atoms with Crippen molar-refractivity contribution in [3.05, 3.63) is 64.7 Å². The largest absolute Gasteiger partial charge is 0.315 e. The average Bonchev–Trinajstić information content (AvgIpc) is 2.73. The number of likely N-dealkylation sites (N-methyl/N-ethyl adjacent to an activating group) is 1. The predicted octanol–water partition coefficient (Wildman–Crippen LogP) is 2.74. The second kappa shape index (κ2) is 4.60. The fourth-order valence-electron chi connectivity index (χ4n) is 2.59. The maximum atomic E-state index is 12.5. The minimum absolute atomic E-state index is 0.00732. The zero-order valence-electron chi connectivity index (χ0n) is 11.5. The zero-order valence-corrected chi connectivity index (χ0v) is 11.5. The molecule has 0 aromatic heterocycles. The van der Waals surface area contributed by atoms with Crippen LogP contribution in [0.4, 0.5) is 5.69 Å². The number of hydrogen-bond donors (Lipinski definition) is 0. The Morgan fingerprint density at radius 1 is 1.15 bits per heavy atom. The van der Waals surface area contributed by atoms with Crippen LogP contribution in [-0.2, 0) is 11.2 Å². The molecule has 0 N–H and O–H groups in total. The van der Waals surface area contributed by atoms with Crippen molar-refractivity contribution >= 4 is 17.4 Å². The normalized spacial score (nSPS) is 13.5. The van der Waals surface area contributed by atoms with Crippen LogP contribution in [0, 0.1) is 6.92 Å². The second-order valence-electron chi connectivity index (χ2n) is 5.12. The molecular weight excluding hydrogens is 250 g/mol. The molecule has 0 aliphatic carbocycles. The van der Waals surface area contributed by atoms with Crippen LogP contribution in [0.5, 0.6) is 0 Å². The molecule has 0 radical (unpaired) electrons. The van der Waals surface area contributed by atoms with Crippen LogP contribution in [-0.4, -0.2) is 18.7 Å². The van der Waals surface area contributed by atoms with Crippen LogP contribution in [0.15, 0.2) is 42.5 Å². The third-order valence-electron chi connectivity index (χ3n) is 3.81. The minimum Gasteiger partial charge on any atom is -0.315 e. The van der Waals surface area contributed by atoms with Crippen molar-refractivity contribution < 1.29 is 9.59 Å². The van der Waals surface area contributed by atoms with E-state index < -0.39 is 0 Å². The Morgan fingerprint density at radius 3 is 2.65 bits per heavy atom. The second-order valence-corrected chi connectivity index (χ2v) is 5.12. The molecule has 0 bridgehead atoms. The lowest BCUT2D eigenvalue weighted by atomic mass is 9.97. The van der Waals surface area contributed by atoms with Crippen LogP contribution in [0.3, 0.4) is 0 Å². The topological polar surface area (TPSA) is 37.4 Å². The number of anilines is 1. The summed E-state index contributed by atoms with van der Waals surface area (Å²) in [4.78, 5) is 25.8. The molecule has 1 aliphatic rings. The van der Waals surface area contributed by atoms with Crippen molar-refractivity contribution in [2.24, 2.45) is 0 Å². The Labute approximate surface area is 117 Å². The third-order valence-corrected chi connectivity index (χ3v) is 3.81. The molecule has 0 fully saturated rings. The van der Waals surface area contributed by atoms with E-state index in [1.54, 1.807) is 18.0 Å². The van der Waals surface area contributed by atoms with Gasteiger partial charge in [0.05, 0.1) is 6.42 Å². The van der Waals surface area contributed by atoms with Gasteiger partial charge in [0.2, 0.25) is 5.91 Å². The van der Waals surface area contributed by atoms with Crippen molar-refractivity contribution in [1.82, 2.24) is 0 Å². The number of benzene rings is 2. The highest BCUT2D eigenvalue weighted by molar-refractivity contribution is 6.11. The van der Waals surface area contributed by atoms with Gasteiger partial charge in [-0.2, -0.15) is 0 Å². The molecule has 1 amide bonds. The first-order chi connectivity index (χ1) is 9.58. The van der Waals surface area contributed by atoms with Gasteiger partial charge in [-0.1, -0.05) is 24.3 Å². The maximum absolute atomic E-state index is 12.5. The van der Waals surface area contributed by atoms with Gasteiger partial charge in [0.1, 0.15) is 0 Å². The summed E-state index contributed by atoms with van der Waals surface area (Å²) in [5, 5.41) is 0.